The van der Waals surface area contributed by atoms with E-state index >= 15 is 0 Å². The number of aromatic nitrogens is 1. The maximum absolute atomic E-state index is 5.66. The zero-order chi connectivity index (χ0) is 17.1. The summed E-state index contributed by atoms with van der Waals surface area (Å²) < 4.78 is 10.9. The Morgan fingerprint density at radius 2 is 2.16 bits per heavy atom. The molecule has 25 heavy (non-hydrogen) atoms. The van der Waals surface area contributed by atoms with Crippen LogP contribution in [0.2, 0.25) is 0 Å². The maximum atomic E-state index is 5.66. The molecule has 0 spiro atoms. The molecule has 4 rings (SSSR count). The van der Waals surface area contributed by atoms with E-state index < -0.39 is 0 Å². The Hall–Kier alpha value is -2.11. The molecule has 0 amide bonds. The Balaban J connectivity index is 1.41. The summed E-state index contributed by atoms with van der Waals surface area (Å²) in [4.78, 5) is 8.28. The number of thiophene rings is 1. The highest BCUT2D eigenvalue weighted by Gasteiger charge is 2.25. The first-order valence-corrected chi connectivity index (χ1v) is 9.55. The van der Waals surface area contributed by atoms with E-state index in [0.29, 0.717) is 6.04 Å². The lowest BCUT2D eigenvalue weighted by Gasteiger charge is -2.23. The van der Waals surface area contributed by atoms with Crippen molar-refractivity contribution in [2.45, 2.75) is 31.8 Å². The van der Waals surface area contributed by atoms with E-state index in [1.807, 2.05) is 29.6 Å². The predicted octanol–water partition coefficient (Wildman–Crippen LogP) is 4.62. The number of benzene rings is 1. The minimum Gasteiger partial charge on any atom is -0.497 e. The SMILES string of the molecule is COc1ccc(C[C@@H]2CCCN2Cc2coc(-c3cccs3)n2)cc1. The molecule has 3 heterocycles. The highest BCUT2D eigenvalue weighted by molar-refractivity contribution is 7.13. The van der Waals surface area contributed by atoms with E-state index in [1.165, 1.54) is 18.4 Å². The number of hydrogen-bond donors (Lipinski definition) is 0. The Morgan fingerprint density at radius 1 is 1.28 bits per heavy atom. The van der Waals surface area contributed by atoms with Gasteiger partial charge in [0.15, 0.2) is 0 Å². The molecule has 1 fully saturated rings. The predicted molar refractivity (Wildman–Crippen MR) is 99.9 cm³/mol. The van der Waals surface area contributed by atoms with Gasteiger partial charge in [0.2, 0.25) is 5.89 Å². The van der Waals surface area contributed by atoms with Crippen LogP contribution in [-0.2, 0) is 13.0 Å². The fourth-order valence-electron chi connectivity index (χ4n) is 3.47. The van der Waals surface area contributed by atoms with Gasteiger partial charge in [0.05, 0.1) is 17.7 Å². The topological polar surface area (TPSA) is 38.5 Å². The second kappa shape index (κ2) is 7.42. The van der Waals surface area contributed by atoms with Gasteiger partial charge in [-0.2, -0.15) is 0 Å². The maximum Gasteiger partial charge on any atom is 0.236 e. The molecule has 3 aromatic rings. The van der Waals surface area contributed by atoms with Crippen LogP contribution in [0.1, 0.15) is 24.1 Å². The minimum absolute atomic E-state index is 0.565. The van der Waals surface area contributed by atoms with Crippen LogP contribution in [0.15, 0.2) is 52.5 Å². The summed E-state index contributed by atoms with van der Waals surface area (Å²) in [5.74, 6) is 1.65. The van der Waals surface area contributed by atoms with Gasteiger partial charge in [0.25, 0.3) is 0 Å². The Bertz CT molecular complexity index is 795. The van der Waals surface area contributed by atoms with Crippen LogP contribution < -0.4 is 4.74 Å². The van der Waals surface area contributed by atoms with E-state index in [2.05, 4.69) is 22.0 Å². The first-order chi connectivity index (χ1) is 12.3. The van der Waals surface area contributed by atoms with Crippen LogP contribution in [0.4, 0.5) is 0 Å². The molecular formula is C20H22N2O2S. The average Bonchev–Trinajstić information content (AvgIpc) is 3.38. The van der Waals surface area contributed by atoms with Gasteiger partial charge >= 0.3 is 0 Å². The van der Waals surface area contributed by atoms with Crippen molar-refractivity contribution in [3.05, 3.63) is 59.3 Å². The first-order valence-electron chi connectivity index (χ1n) is 8.67. The monoisotopic (exact) mass is 354 g/mol. The van der Waals surface area contributed by atoms with Gasteiger partial charge in [-0.15, -0.1) is 11.3 Å². The van der Waals surface area contributed by atoms with E-state index in [0.717, 1.165) is 41.7 Å². The normalized spacial score (nSPS) is 17.9. The molecule has 0 unspecified atom stereocenters. The summed E-state index contributed by atoms with van der Waals surface area (Å²) >= 11 is 1.66. The van der Waals surface area contributed by atoms with Gasteiger partial charge in [-0.05, 0) is 54.9 Å². The summed E-state index contributed by atoms with van der Waals surface area (Å²) in [6, 6.07) is 13.0. The summed E-state index contributed by atoms with van der Waals surface area (Å²) in [5, 5.41) is 2.05. The van der Waals surface area contributed by atoms with E-state index in [9.17, 15) is 0 Å². The third kappa shape index (κ3) is 3.78. The molecule has 5 heteroatoms. The zero-order valence-corrected chi connectivity index (χ0v) is 15.2. The van der Waals surface area contributed by atoms with Crippen LogP contribution in [0.25, 0.3) is 10.8 Å². The number of ether oxygens (including phenoxy) is 1. The fraction of sp³-hybridized carbons (Fsp3) is 0.350. The molecule has 0 saturated carbocycles. The lowest BCUT2D eigenvalue weighted by atomic mass is 10.0. The highest BCUT2D eigenvalue weighted by atomic mass is 32.1. The third-order valence-electron chi connectivity index (χ3n) is 4.78. The average molecular weight is 354 g/mol. The van der Waals surface area contributed by atoms with Gasteiger partial charge in [-0.3, -0.25) is 4.90 Å². The number of nitrogens with zero attached hydrogens (tertiary/aromatic N) is 2. The first kappa shape index (κ1) is 16.4. The second-order valence-corrected chi connectivity index (χ2v) is 7.39. The Kier molecular flexibility index (Phi) is 4.85. The largest absolute Gasteiger partial charge is 0.497 e. The summed E-state index contributed by atoms with van der Waals surface area (Å²) in [7, 11) is 1.70. The van der Waals surface area contributed by atoms with Crippen LogP contribution in [0.3, 0.4) is 0 Å². The van der Waals surface area contributed by atoms with Crippen LogP contribution >= 0.6 is 11.3 Å². The molecule has 0 aliphatic carbocycles. The van der Waals surface area contributed by atoms with Crippen LogP contribution in [0, 0.1) is 0 Å². The van der Waals surface area contributed by atoms with E-state index in [-0.39, 0.29) is 0 Å². The van der Waals surface area contributed by atoms with Crippen molar-refractivity contribution >= 4 is 11.3 Å². The highest BCUT2D eigenvalue weighted by Crippen LogP contribution is 2.27. The second-order valence-electron chi connectivity index (χ2n) is 6.44. The molecule has 4 nitrogen and oxygen atoms in total. The smallest absolute Gasteiger partial charge is 0.236 e. The van der Waals surface area contributed by atoms with Gasteiger partial charge < -0.3 is 9.15 Å². The number of likely N-dealkylation sites (tertiary alicyclic amines) is 1. The van der Waals surface area contributed by atoms with Crippen molar-refractivity contribution in [2.24, 2.45) is 0 Å². The van der Waals surface area contributed by atoms with E-state index in [4.69, 9.17) is 9.15 Å². The van der Waals surface area contributed by atoms with Crippen molar-refractivity contribution in [3.8, 4) is 16.5 Å². The summed E-state index contributed by atoms with van der Waals surface area (Å²) in [5.41, 5.74) is 2.38. The van der Waals surface area contributed by atoms with Gasteiger partial charge in [0, 0.05) is 12.6 Å². The van der Waals surface area contributed by atoms with Gasteiger partial charge in [-0.25, -0.2) is 4.98 Å². The molecule has 1 atom stereocenters. The molecule has 130 valence electrons. The van der Waals surface area contributed by atoms with Crippen LogP contribution in [-0.4, -0.2) is 29.6 Å². The Morgan fingerprint density at radius 3 is 2.92 bits per heavy atom. The van der Waals surface area contributed by atoms with Crippen molar-refractivity contribution in [1.29, 1.82) is 0 Å². The molecule has 0 N–H and O–H groups in total. The fourth-order valence-corrected chi connectivity index (χ4v) is 4.12. The number of hydrogen-bond acceptors (Lipinski definition) is 5. The van der Waals surface area contributed by atoms with E-state index in [1.54, 1.807) is 24.7 Å². The lowest BCUT2D eigenvalue weighted by molar-refractivity contribution is 0.241. The standard InChI is InChI=1S/C20H22N2O2S/c1-23-18-8-6-15(7-9-18)12-17-4-2-10-22(17)13-16-14-24-20(21-16)19-5-3-11-25-19/h3,5-9,11,14,17H,2,4,10,12-13H2,1H3/t17-/m0/s1. The number of methoxy groups -OCH3 is 1. The molecule has 0 radical (unpaired) electrons. The molecule has 1 aliphatic rings. The van der Waals surface area contributed by atoms with Gasteiger partial charge in [0.1, 0.15) is 12.0 Å². The zero-order valence-electron chi connectivity index (χ0n) is 14.4. The lowest BCUT2D eigenvalue weighted by Crippen LogP contribution is -2.30. The quantitative estimate of drug-likeness (QED) is 0.647. The van der Waals surface area contributed by atoms with Crippen molar-refractivity contribution in [3.63, 3.8) is 0 Å². The van der Waals surface area contributed by atoms with Crippen molar-refractivity contribution in [1.82, 2.24) is 9.88 Å². The van der Waals surface area contributed by atoms with Crippen molar-refractivity contribution in [2.75, 3.05) is 13.7 Å². The third-order valence-corrected chi connectivity index (χ3v) is 5.64. The minimum atomic E-state index is 0.565. The number of oxazole rings is 1. The molecule has 0 bridgehead atoms. The molecule has 1 aliphatic heterocycles. The van der Waals surface area contributed by atoms with Crippen LogP contribution in [0.5, 0.6) is 5.75 Å². The summed E-state index contributed by atoms with van der Waals surface area (Å²) in [6.07, 6.45) is 5.36. The molecule has 1 aromatic carbocycles. The Labute approximate surface area is 152 Å². The van der Waals surface area contributed by atoms with Crippen molar-refractivity contribution < 1.29 is 9.15 Å². The molecule has 2 aromatic heterocycles. The number of rotatable bonds is 6. The summed E-state index contributed by atoms with van der Waals surface area (Å²) in [6.45, 7) is 1.98. The molecule has 1 saturated heterocycles. The van der Waals surface area contributed by atoms with Gasteiger partial charge in [-0.1, -0.05) is 18.2 Å². The molecular weight excluding hydrogens is 332 g/mol.